The first-order valence-electron chi connectivity index (χ1n) is 8.76. The fourth-order valence-corrected chi connectivity index (χ4v) is 3.22. The molecule has 1 unspecified atom stereocenters. The van der Waals surface area contributed by atoms with Crippen LogP contribution in [0.3, 0.4) is 0 Å². The molecule has 0 radical (unpaired) electrons. The molecule has 1 aliphatic rings. The molecule has 0 saturated carbocycles. The van der Waals surface area contributed by atoms with Gasteiger partial charge in [-0.25, -0.2) is 0 Å². The Kier molecular flexibility index (Phi) is 6.34. The van der Waals surface area contributed by atoms with Gasteiger partial charge in [0.2, 0.25) is 0 Å². The van der Waals surface area contributed by atoms with Crippen LogP contribution in [0.25, 0.3) is 0 Å². The molecular formula is C20H21Cl2NO4. The fourth-order valence-electron chi connectivity index (χ4n) is 2.89. The van der Waals surface area contributed by atoms with Crippen LogP contribution >= 0.6 is 23.2 Å². The quantitative estimate of drug-likeness (QED) is 0.735. The van der Waals surface area contributed by atoms with Gasteiger partial charge in [-0.15, -0.1) is 0 Å². The number of carbonyl (C=O) groups excluding carboxylic acids is 1. The summed E-state index contributed by atoms with van der Waals surface area (Å²) in [5.41, 5.74) is 1.98. The smallest absolute Gasteiger partial charge is 0.258 e. The minimum Gasteiger partial charge on any atom is -0.494 e. The number of amides is 1. The van der Waals surface area contributed by atoms with E-state index in [4.69, 9.17) is 37.4 Å². The van der Waals surface area contributed by atoms with Crippen molar-refractivity contribution in [2.45, 2.75) is 32.9 Å². The van der Waals surface area contributed by atoms with Gasteiger partial charge in [0.1, 0.15) is 23.4 Å². The van der Waals surface area contributed by atoms with Crippen molar-refractivity contribution in [2.75, 3.05) is 13.2 Å². The minimum absolute atomic E-state index is 0.148. The molecule has 144 valence electrons. The molecule has 0 bridgehead atoms. The second kappa shape index (κ2) is 8.72. The average molecular weight is 410 g/mol. The highest BCUT2D eigenvalue weighted by Gasteiger charge is 2.22. The maximum atomic E-state index is 12.2. The van der Waals surface area contributed by atoms with E-state index in [9.17, 15) is 4.79 Å². The van der Waals surface area contributed by atoms with Crippen molar-refractivity contribution < 1.29 is 19.0 Å². The predicted molar refractivity (Wildman–Crippen MR) is 105 cm³/mol. The molecule has 0 aromatic heterocycles. The number of nitrogens with one attached hydrogen (secondary N) is 1. The first kappa shape index (κ1) is 19.6. The van der Waals surface area contributed by atoms with Gasteiger partial charge in [-0.1, -0.05) is 23.2 Å². The summed E-state index contributed by atoms with van der Waals surface area (Å²) in [6.45, 7) is 4.65. The number of rotatable bonds is 7. The topological polar surface area (TPSA) is 56.8 Å². The Morgan fingerprint density at radius 1 is 1.22 bits per heavy atom. The summed E-state index contributed by atoms with van der Waals surface area (Å²) >= 11 is 11.9. The lowest BCUT2D eigenvalue weighted by atomic mass is 10.1. The highest BCUT2D eigenvalue weighted by atomic mass is 35.5. The number of carbonyl (C=O) groups is 1. The second-order valence-electron chi connectivity index (χ2n) is 6.27. The van der Waals surface area contributed by atoms with Gasteiger partial charge in [0, 0.05) is 35.2 Å². The number of fused-ring (bicyclic) bond motifs is 1. The Morgan fingerprint density at radius 3 is 2.81 bits per heavy atom. The Labute approximate surface area is 168 Å². The molecule has 5 nitrogen and oxygen atoms in total. The van der Waals surface area contributed by atoms with Crippen molar-refractivity contribution in [1.29, 1.82) is 0 Å². The molecule has 0 aliphatic carbocycles. The van der Waals surface area contributed by atoms with E-state index in [1.54, 1.807) is 18.2 Å². The van der Waals surface area contributed by atoms with Gasteiger partial charge >= 0.3 is 0 Å². The zero-order valence-corrected chi connectivity index (χ0v) is 16.7. The number of halogens is 2. The maximum absolute atomic E-state index is 12.2. The van der Waals surface area contributed by atoms with Crippen molar-refractivity contribution in [3.05, 3.63) is 51.5 Å². The first-order valence-corrected chi connectivity index (χ1v) is 9.51. The lowest BCUT2D eigenvalue weighted by Gasteiger charge is -2.14. The Hall–Kier alpha value is -2.11. The fraction of sp³-hybridized carbons (Fsp3) is 0.350. The van der Waals surface area contributed by atoms with Crippen LogP contribution < -0.4 is 19.5 Å². The van der Waals surface area contributed by atoms with Crippen LogP contribution in [0.4, 0.5) is 0 Å². The van der Waals surface area contributed by atoms with Crippen molar-refractivity contribution in [2.24, 2.45) is 0 Å². The Bertz CT molecular complexity index is 841. The van der Waals surface area contributed by atoms with Crippen LogP contribution in [0.15, 0.2) is 30.3 Å². The third-order valence-electron chi connectivity index (χ3n) is 4.11. The Balaban J connectivity index is 1.61. The van der Waals surface area contributed by atoms with E-state index in [0.717, 1.165) is 29.0 Å². The van der Waals surface area contributed by atoms with Crippen LogP contribution in [-0.4, -0.2) is 25.2 Å². The van der Waals surface area contributed by atoms with Gasteiger partial charge in [0.15, 0.2) is 6.61 Å². The van der Waals surface area contributed by atoms with E-state index < -0.39 is 0 Å². The molecule has 0 spiro atoms. The van der Waals surface area contributed by atoms with E-state index in [2.05, 4.69) is 5.32 Å². The molecule has 3 rings (SSSR count). The molecule has 1 heterocycles. The average Bonchev–Trinajstić information content (AvgIpc) is 2.99. The van der Waals surface area contributed by atoms with E-state index in [1.807, 2.05) is 26.0 Å². The van der Waals surface area contributed by atoms with Gasteiger partial charge < -0.3 is 19.5 Å². The molecule has 1 amide bonds. The van der Waals surface area contributed by atoms with Crippen LogP contribution in [0.2, 0.25) is 10.0 Å². The molecule has 0 fully saturated rings. The Morgan fingerprint density at radius 2 is 2.04 bits per heavy atom. The SMILES string of the molecule is CCOc1cc2c(cc1CNC(=O)COc1cc(Cl)ccc1Cl)OC(C)C2. The number of benzene rings is 2. The number of hydrogen-bond donors (Lipinski definition) is 1. The summed E-state index contributed by atoms with van der Waals surface area (Å²) < 4.78 is 17.0. The van der Waals surface area contributed by atoms with Crippen LogP contribution in [-0.2, 0) is 17.8 Å². The van der Waals surface area contributed by atoms with Crippen molar-refractivity contribution in [3.8, 4) is 17.2 Å². The zero-order valence-electron chi connectivity index (χ0n) is 15.2. The van der Waals surface area contributed by atoms with Crippen LogP contribution in [0, 0.1) is 0 Å². The standard InChI is InChI=1S/C20H21Cl2NO4/c1-3-25-17-7-13-6-12(2)27-18(13)8-14(17)10-23-20(24)11-26-19-9-15(21)4-5-16(19)22/h4-5,7-9,12H,3,6,10-11H2,1-2H3,(H,23,24). The molecule has 27 heavy (non-hydrogen) atoms. The van der Waals surface area contributed by atoms with E-state index >= 15 is 0 Å². The van der Waals surface area contributed by atoms with Crippen molar-refractivity contribution in [3.63, 3.8) is 0 Å². The van der Waals surface area contributed by atoms with Gasteiger partial charge in [-0.05, 0) is 38.1 Å². The third kappa shape index (κ3) is 4.99. The zero-order chi connectivity index (χ0) is 19.4. The summed E-state index contributed by atoms with van der Waals surface area (Å²) in [6.07, 6.45) is 1.01. The highest BCUT2D eigenvalue weighted by Crippen LogP contribution is 2.35. The summed E-state index contributed by atoms with van der Waals surface area (Å²) in [5, 5.41) is 3.72. The van der Waals surface area contributed by atoms with Gasteiger partial charge in [-0.3, -0.25) is 4.79 Å². The van der Waals surface area contributed by atoms with Gasteiger partial charge in [0.25, 0.3) is 5.91 Å². The second-order valence-corrected chi connectivity index (χ2v) is 7.12. The van der Waals surface area contributed by atoms with Crippen LogP contribution in [0.5, 0.6) is 17.2 Å². The minimum atomic E-state index is -0.275. The third-order valence-corrected chi connectivity index (χ3v) is 4.65. The number of hydrogen-bond acceptors (Lipinski definition) is 4. The van der Waals surface area contributed by atoms with Crippen molar-refractivity contribution >= 4 is 29.1 Å². The summed E-state index contributed by atoms with van der Waals surface area (Å²) in [4.78, 5) is 12.2. The molecule has 1 atom stereocenters. The van der Waals surface area contributed by atoms with E-state index in [1.165, 1.54) is 0 Å². The molecule has 7 heteroatoms. The summed E-state index contributed by atoms with van der Waals surface area (Å²) in [7, 11) is 0. The molecule has 2 aromatic carbocycles. The van der Waals surface area contributed by atoms with E-state index in [-0.39, 0.29) is 18.6 Å². The first-order chi connectivity index (χ1) is 13.0. The lowest BCUT2D eigenvalue weighted by Crippen LogP contribution is -2.28. The molecule has 2 aromatic rings. The normalized spacial score (nSPS) is 15.0. The molecule has 1 aliphatic heterocycles. The monoisotopic (exact) mass is 409 g/mol. The molecule has 1 N–H and O–H groups in total. The highest BCUT2D eigenvalue weighted by molar-refractivity contribution is 6.34. The largest absolute Gasteiger partial charge is 0.494 e. The maximum Gasteiger partial charge on any atom is 0.258 e. The van der Waals surface area contributed by atoms with E-state index in [0.29, 0.717) is 28.9 Å². The van der Waals surface area contributed by atoms with Gasteiger partial charge in [-0.2, -0.15) is 0 Å². The lowest BCUT2D eigenvalue weighted by molar-refractivity contribution is -0.123. The predicted octanol–water partition coefficient (Wildman–Crippen LogP) is 4.41. The molecular weight excluding hydrogens is 389 g/mol. The summed E-state index contributed by atoms with van der Waals surface area (Å²) in [6, 6.07) is 8.77. The molecule has 0 saturated heterocycles. The number of ether oxygens (including phenoxy) is 3. The van der Waals surface area contributed by atoms with Crippen LogP contribution in [0.1, 0.15) is 25.0 Å². The summed E-state index contributed by atoms with van der Waals surface area (Å²) in [5.74, 6) is 1.70. The van der Waals surface area contributed by atoms with Crippen molar-refractivity contribution in [1.82, 2.24) is 5.32 Å². The van der Waals surface area contributed by atoms with Gasteiger partial charge in [0.05, 0.1) is 11.6 Å².